The largest absolute Gasteiger partial charge is 0.494 e. The summed E-state index contributed by atoms with van der Waals surface area (Å²) in [5.41, 5.74) is 1.47. The van der Waals surface area contributed by atoms with Gasteiger partial charge in [0.05, 0.1) is 17.3 Å². The van der Waals surface area contributed by atoms with Crippen molar-refractivity contribution in [2.75, 3.05) is 11.5 Å². The Morgan fingerprint density at radius 2 is 1.72 bits per heavy atom. The SMILES string of the molecule is CCCOc1ccc(N2C(=O)NC(=O)/C(=C/c3ccc(OCc4cccc(Cl)c4)c(Cl)c3)C2=O)cc1. The van der Waals surface area contributed by atoms with Crippen LogP contribution in [-0.2, 0) is 16.2 Å². The highest BCUT2D eigenvalue weighted by Crippen LogP contribution is 2.29. The molecule has 0 atom stereocenters. The minimum absolute atomic E-state index is 0.204. The zero-order valence-electron chi connectivity index (χ0n) is 19.3. The number of carbonyl (C=O) groups excluding carboxylic acids is 3. The molecule has 0 aromatic heterocycles. The van der Waals surface area contributed by atoms with E-state index in [2.05, 4.69) is 5.32 Å². The molecule has 1 N–H and O–H groups in total. The lowest BCUT2D eigenvalue weighted by molar-refractivity contribution is -0.122. The number of carbonyl (C=O) groups is 3. The molecule has 3 aromatic rings. The Bertz CT molecular complexity index is 1340. The number of halogens is 2. The lowest BCUT2D eigenvalue weighted by Gasteiger charge is -2.26. The fraction of sp³-hybridized carbons (Fsp3) is 0.148. The Balaban J connectivity index is 1.52. The average Bonchev–Trinajstić information content (AvgIpc) is 2.85. The summed E-state index contributed by atoms with van der Waals surface area (Å²) in [5.74, 6) is -0.491. The highest BCUT2D eigenvalue weighted by Gasteiger charge is 2.36. The molecule has 4 amide bonds. The van der Waals surface area contributed by atoms with E-state index >= 15 is 0 Å². The molecule has 0 bridgehead atoms. The van der Waals surface area contributed by atoms with E-state index < -0.39 is 17.8 Å². The van der Waals surface area contributed by atoms with Crippen LogP contribution in [0.25, 0.3) is 6.08 Å². The van der Waals surface area contributed by atoms with Crippen molar-refractivity contribution in [3.8, 4) is 11.5 Å². The number of hydrogen-bond acceptors (Lipinski definition) is 5. The summed E-state index contributed by atoms with van der Waals surface area (Å²) >= 11 is 12.4. The van der Waals surface area contributed by atoms with Gasteiger partial charge in [-0.3, -0.25) is 14.9 Å². The first-order chi connectivity index (χ1) is 17.4. The fourth-order valence-corrected chi connectivity index (χ4v) is 3.94. The number of rotatable bonds is 8. The number of ether oxygens (including phenoxy) is 2. The van der Waals surface area contributed by atoms with Crippen LogP contribution in [0.1, 0.15) is 24.5 Å². The summed E-state index contributed by atoms with van der Waals surface area (Å²) in [6.07, 6.45) is 2.23. The van der Waals surface area contributed by atoms with E-state index in [-0.39, 0.29) is 12.2 Å². The maximum absolute atomic E-state index is 13.1. The minimum atomic E-state index is -0.827. The number of nitrogens with zero attached hydrogens (tertiary/aromatic N) is 1. The standard InChI is InChI=1S/C27H22Cl2N2O5/c1-2-12-35-21-9-7-20(8-10-21)31-26(33)22(25(32)30-27(31)34)14-17-6-11-24(23(29)15-17)36-16-18-4-3-5-19(28)13-18/h3-11,13-15H,2,12,16H2,1H3,(H,30,32,34)/b22-14-. The number of anilines is 1. The molecular formula is C27H22Cl2N2O5. The van der Waals surface area contributed by atoms with Crippen LogP contribution < -0.4 is 19.7 Å². The number of benzene rings is 3. The molecule has 7 nitrogen and oxygen atoms in total. The third-order valence-corrected chi connectivity index (χ3v) is 5.75. The number of barbiturate groups is 1. The fourth-order valence-electron chi connectivity index (χ4n) is 3.48. The van der Waals surface area contributed by atoms with E-state index in [1.807, 2.05) is 19.1 Å². The Morgan fingerprint density at radius 3 is 2.42 bits per heavy atom. The molecule has 0 unspecified atom stereocenters. The van der Waals surface area contributed by atoms with Crippen LogP contribution in [0.15, 0.2) is 72.3 Å². The zero-order chi connectivity index (χ0) is 25.7. The van der Waals surface area contributed by atoms with Gasteiger partial charge in [0.2, 0.25) is 0 Å². The van der Waals surface area contributed by atoms with Crippen molar-refractivity contribution in [3.63, 3.8) is 0 Å². The second-order valence-electron chi connectivity index (χ2n) is 7.91. The Kier molecular flexibility index (Phi) is 7.93. The van der Waals surface area contributed by atoms with Gasteiger partial charge in [-0.15, -0.1) is 0 Å². The lowest BCUT2D eigenvalue weighted by atomic mass is 10.1. The van der Waals surface area contributed by atoms with Crippen LogP contribution in [0.4, 0.5) is 10.5 Å². The summed E-state index contributed by atoms with van der Waals surface area (Å²) in [4.78, 5) is 38.9. The molecule has 1 aliphatic rings. The molecule has 0 saturated carbocycles. The molecule has 3 aromatic carbocycles. The first kappa shape index (κ1) is 25.3. The van der Waals surface area contributed by atoms with Gasteiger partial charge < -0.3 is 9.47 Å². The van der Waals surface area contributed by atoms with Crippen molar-refractivity contribution in [1.82, 2.24) is 5.32 Å². The molecule has 9 heteroatoms. The highest BCUT2D eigenvalue weighted by molar-refractivity contribution is 6.39. The Labute approximate surface area is 218 Å². The maximum atomic E-state index is 13.1. The summed E-state index contributed by atoms with van der Waals surface area (Å²) in [7, 11) is 0. The molecule has 1 aliphatic heterocycles. The Morgan fingerprint density at radius 1 is 0.944 bits per heavy atom. The van der Waals surface area contributed by atoms with Gasteiger partial charge in [-0.25, -0.2) is 9.69 Å². The Hall–Kier alpha value is -3.81. The first-order valence-electron chi connectivity index (χ1n) is 11.2. The molecule has 1 saturated heterocycles. The first-order valence-corrected chi connectivity index (χ1v) is 11.9. The van der Waals surface area contributed by atoms with Crippen molar-refractivity contribution >= 4 is 52.8 Å². The smallest absolute Gasteiger partial charge is 0.335 e. The summed E-state index contributed by atoms with van der Waals surface area (Å²) in [6.45, 7) is 2.81. The molecule has 1 fully saturated rings. The van der Waals surface area contributed by atoms with Gasteiger partial charge in [0.25, 0.3) is 11.8 Å². The van der Waals surface area contributed by atoms with Gasteiger partial charge in [0, 0.05) is 5.02 Å². The molecule has 1 heterocycles. The van der Waals surface area contributed by atoms with Gasteiger partial charge in [-0.2, -0.15) is 0 Å². The van der Waals surface area contributed by atoms with Crippen LogP contribution in [0.5, 0.6) is 11.5 Å². The second kappa shape index (κ2) is 11.3. The van der Waals surface area contributed by atoms with E-state index in [0.29, 0.717) is 39.4 Å². The molecule has 0 aliphatic carbocycles. The van der Waals surface area contributed by atoms with Crippen LogP contribution in [-0.4, -0.2) is 24.5 Å². The number of imide groups is 2. The third-order valence-electron chi connectivity index (χ3n) is 5.22. The van der Waals surface area contributed by atoms with Crippen molar-refractivity contribution < 1.29 is 23.9 Å². The van der Waals surface area contributed by atoms with E-state index in [9.17, 15) is 14.4 Å². The lowest BCUT2D eigenvalue weighted by Crippen LogP contribution is -2.54. The molecule has 4 rings (SSSR count). The van der Waals surface area contributed by atoms with Gasteiger partial charge in [-0.05, 0) is 72.2 Å². The summed E-state index contributed by atoms with van der Waals surface area (Å²) < 4.78 is 11.3. The van der Waals surface area contributed by atoms with E-state index in [4.69, 9.17) is 32.7 Å². The molecule has 0 radical (unpaired) electrons. The maximum Gasteiger partial charge on any atom is 0.335 e. The predicted molar refractivity (Wildman–Crippen MR) is 138 cm³/mol. The van der Waals surface area contributed by atoms with Crippen molar-refractivity contribution in [3.05, 3.63) is 93.5 Å². The van der Waals surface area contributed by atoms with Crippen molar-refractivity contribution in [1.29, 1.82) is 0 Å². The number of nitrogens with one attached hydrogen (secondary N) is 1. The van der Waals surface area contributed by atoms with Crippen molar-refractivity contribution in [2.24, 2.45) is 0 Å². The van der Waals surface area contributed by atoms with Crippen LogP contribution in [0, 0.1) is 0 Å². The van der Waals surface area contributed by atoms with Gasteiger partial charge in [-0.1, -0.05) is 48.3 Å². The van der Waals surface area contributed by atoms with E-state index in [0.717, 1.165) is 16.9 Å². The predicted octanol–water partition coefficient (Wildman–Crippen LogP) is 6.03. The zero-order valence-corrected chi connectivity index (χ0v) is 20.8. The third kappa shape index (κ3) is 5.87. The van der Waals surface area contributed by atoms with E-state index in [1.165, 1.54) is 6.08 Å². The van der Waals surface area contributed by atoms with Gasteiger partial charge in [0.1, 0.15) is 23.7 Å². The second-order valence-corrected chi connectivity index (χ2v) is 8.75. The number of hydrogen-bond donors (Lipinski definition) is 1. The van der Waals surface area contributed by atoms with Gasteiger partial charge in [0.15, 0.2) is 0 Å². The molecule has 184 valence electrons. The number of urea groups is 1. The van der Waals surface area contributed by atoms with Crippen molar-refractivity contribution in [2.45, 2.75) is 20.0 Å². The monoisotopic (exact) mass is 524 g/mol. The summed E-state index contributed by atoms with van der Waals surface area (Å²) in [5, 5.41) is 3.11. The van der Waals surface area contributed by atoms with E-state index in [1.54, 1.807) is 54.6 Å². The highest BCUT2D eigenvalue weighted by atomic mass is 35.5. The van der Waals surface area contributed by atoms with Crippen LogP contribution in [0.3, 0.4) is 0 Å². The van der Waals surface area contributed by atoms with Crippen LogP contribution in [0.2, 0.25) is 10.0 Å². The van der Waals surface area contributed by atoms with Crippen LogP contribution >= 0.6 is 23.2 Å². The average molecular weight is 525 g/mol. The minimum Gasteiger partial charge on any atom is -0.494 e. The summed E-state index contributed by atoms with van der Waals surface area (Å²) in [6, 6.07) is 17.8. The topological polar surface area (TPSA) is 84.9 Å². The molecule has 36 heavy (non-hydrogen) atoms. The molecule has 0 spiro atoms. The quantitative estimate of drug-likeness (QED) is 0.287. The van der Waals surface area contributed by atoms with Gasteiger partial charge >= 0.3 is 6.03 Å². The molecular weight excluding hydrogens is 503 g/mol. The number of amides is 4. The normalized spacial score (nSPS) is 14.7.